The zero-order valence-electron chi connectivity index (χ0n) is 14.6. The fourth-order valence-corrected chi connectivity index (χ4v) is 5.43. The van der Waals surface area contributed by atoms with Crippen LogP contribution in [0.4, 0.5) is 4.39 Å². The Kier molecular flexibility index (Phi) is 3.42. The van der Waals surface area contributed by atoms with Crippen molar-refractivity contribution in [1.29, 1.82) is 0 Å². The van der Waals surface area contributed by atoms with Crippen molar-refractivity contribution in [3.8, 4) is 0 Å². The van der Waals surface area contributed by atoms with Crippen LogP contribution in [0.3, 0.4) is 0 Å². The quantitative estimate of drug-likeness (QED) is 0.731. The van der Waals surface area contributed by atoms with Gasteiger partial charge in [0.1, 0.15) is 5.82 Å². The van der Waals surface area contributed by atoms with Crippen molar-refractivity contribution in [3.05, 3.63) is 47.8 Å². The first-order valence-electron chi connectivity index (χ1n) is 9.10. The van der Waals surface area contributed by atoms with E-state index < -0.39 is 0 Å². The normalized spacial score (nSPS) is 34.1. The van der Waals surface area contributed by atoms with Crippen LogP contribution >= 0.6 is 0 Å². The molecule has 0 aromatic heterocycles. The number of hydrogen-bond acceptors (Lipinski definition) is 1. The average molecular weight is 327 g/mol. The smallest absolute Gasteiger partial charge is 0.232 e. The molecule has 0 spiro atoms. The average Bonchev–Trinajstić information content (AvgIpc) is 3.25. The van der Waals surface area contributed by atoms with Gasteiger partial charge < -0.3 is 4.90 Å². The summed E-state index contributed by atoms with van der Waals surface area (Å²) >= 11 is 0. The number of hydrogen-bond donors (Lipinski definition) is 0. The van der Waals surface area contributed by atoms with Gasteiger partial charge in [-0.15, -0.1) is 0 Å². The third kappa shape index (κ3) is 2.03. The van der Waals surface area contributed by atoms with Gasteiger partial charge in [0, 0.05) is 19.0 Å². The summed E-state index contributed by atoms with van der Waals surface area (Å²) in [7, 11) is 0. The molecule has 2 saturated carbocycles. The number of nitrogens with zero attached hydrogens (tertiary/aromatic N) is 1. The van der Waals surface area contributed by atoms with Gasteiger partial charge in [-0.1, -0.05) is 44.2 Å². The van der Waals surface area contributed by atoms with Crippen LogP contribution in [0.5, 0.6) is 0 Å². The molecule has 1 aromatic rings. The van der Waals surface area contributed by atoms with E-state index >= 15 is 0 Å². The lowest BCUT2D eigenvalue weighted by Crippen LogP contribution is -2.43. The van der Waals surface area contributed by atoms with Crippen LogP contribution in [-0.4, -0.2) is 23.9 Å². The Bertz CT molecular complexity index is 710. The molecule has 0 radical (unpaired) electrons. The molecular formula is C21H26FNO. The van der Waals surface area contributed by atoms with Crippen LogP contribution in [0.1, 0.15) is 51.0 Å². The molecule has 24 heavy (non-hydrogen) atoms. The Balaban J connectivity index is 1.55. The molecule has 3 heteroatoms. The van der Waals surface area contributed by atoms with Crippen LogP contribution in [0.15, 0.2) is 36.4 Å². The van der Waals surface area contributed by atoms with E-state index in [0.717, 1.165) is 43.4 Å². The van der Waals surface area contributed by atoms with E-state index in [1.165, 1.54) is 6.07 Å². The van der Waals surface area contributed by atoms with Crippen molar-refractivity contribution in [2.75, 3.05) is 13.1 Å². The van der Waals surface area contributed by atoms with Gasteiger partial charge in [-0.05, 0) is 48.6 Å². The summed E-state index contributed by atoms with van der Waals surface area (Å²) in [4.78, 5) is 15.3. The van der Waals surface area contributed by atoms with Crippen LogP contribution in [-0.2, 0) is 4.79 Å². The van der Waals surface area contributed by atoms with Crippen molar-refractivity contribution >= 4 is 5.91 Å². The SMILES string of the molecule is C=C1C(C)(C)[C@@H]2CC[C@@]1(C(=O)N1CC[C@H](c3ccccc3F)C1)C2. The number of rotatable bonds is 2. The fraction of sp³-hybridized carbons (Fsp3) is 0.571. The molecule has 2 nitrogen and oxygen atoms in total. The molecule has 1 aromatic carbocycles. The summed E-state index contributed by atoms with van der Waals surface area (Å²) in [6.07, 6.45) is 3.88. The summed E-state index contributed by atoms with van der Waals surface area (Å²) in [6.45, 7) is 10.2. The molecule has 1 saturated heterocycles. The minimum Gasteiger partial charge on any atom is -0.341 e. The molecule has 3 fully saturated rings. The highest BCUT2D eigenvalue weighted by Crippen LogP contribution is 2.66. The first-order valence-corrected chi connectivity index (χ1v) is 9.10. The van der Waals surface area contributed by atoms with Gasteiger partial charge in [-0.3, -0.25) is 4.79 Å². The summed E-state index contributed by atoms with van der Waals surface area (Å²) in [5.74, 6) is 0.798. The lowest BCUT2D eigenvalue weighted by Gasteiger charge is -2.39. The second-order valence-electron chi connectivity index (χ2n) is 8.48. The fourth-order valence-electron chi connectivity index (χ4n) is 5.43. The standard InChI is InChI=1S/C21H26FNO/c1-14-20(2,3)16-8-10-21(14,12-16)19(24)23-11-9-15(13-23)17-6-4-5-7-18(17)22/h4-7,15-16H,1,8-13H2,2-3H3/t15-,16+,21+/m0/s1. The molecule has 2 bridgehead atoms. The molecule has 0 N–H and O–H groups in total. The maximum atomic E-state index is 14.1. The maximum Gasteiger partial charge on any atom is 0.232 e. The first-order chi connectivity index (χ1) is 11.4. The topological polar surface area (TPSA) is 20.3 Å². The third-order valence-electron chi connectivity index (χ3n) is 7.12. The van der Waals surface area contributed by atoms with Crippen LogP contribution < -0.4 is 0 Å². The number of fused-ring (bicyclic) bond motifs is 2. The molecule has 128 valence electrons. The van der Waals surface area contributed by atoms with E-state index in [1.807, 2.05) is 17.0 Å². The van der Waals surface area contributed by atoms with Gasteiger partial charge in [-0.25, -0.2) is 4.39 Å². The van der Waals surface area contributed by atoms with Gasteiger partial charge in [-0.2, -0.15) is 0 Å². The molecule has 1 amide bonds. The number of amides is 1. The second-order valence-corrected chi connectivity index (χ2v) is 8.48. The highest BCUT2D eigenvalue weighted by atomic mass is 19.1. The Morgan fingerprint density at radius 2 is 2.04 bits per heavy atom. The van der Waals surface area contributed by atoms with E-state index in [4.69, 9.17) is 0 Å². The largest absolute Gasteiger partial charge is 0.341 e. The van der Waals surface area contributed by atoms with Crippen LogP contribution in [0, 0.1) is 22.6 Å². The molecule has 2 aliphatic carbocycles. The lowest BCUT2D eigenvalue weighted by molar-refractivity contribution is -0.138. The minimum atomic E-state index is -0.349. The number of halogens is 1. The highest BCUT2D eigenvalue weighted by Gasteiger charge is 2.62. The Morgan fingerprint density at radius 1 is 1.29 bits per heavy atom. The number of carbonyl (C=O) groups is 1. The molecule has 3 aliphatic rings. The highest BCUT2D eigenvalue weighted by molar-refractivity contribution is 5.88. The molecule has 1 heterocycles. The molecular weight excluding hydrogens is 301 g/mol. The van der Waals surface area contributed by atoms with E-state index in [9.17, 15) is 9.18 Å². The summed E-state index contributed by atoms with van der Waals surface area (Å²) in [6, 6.07) is 6.97. The van der Waals surface area contributed by atoms with Gasteiger partial charge in [0.2, 0.25) is 5.91 Å². The van der Waals surface area contributed by atoms with E-state index in [0.29, 0.717) is 12.5 Å². The number of likely N-dealkylation sites (tertiary alicyclic amines) is 1. The van der Waals surface area contributed by atoms with E-state index in [2.05, 4.69) is 20.4 Å². The van der Waals surface area contributed by atoms with Gasteiger partial charge in [0.05, 0.1) is 5.41 Å². The Labute approximate surface area is 143 Å². The molecule has 3 atom stereocenters. The van der Waals surface area contributed by atoms with E-state index in [-0.39, 0.29) is 28.5 Å². The summed E-state index contributed by atoms with van der Waals surface area (Å²) < 4.78 is 14.1. The Hall–Kier alpha value is -1.64. The maximum absolute atomic E-state index is 14.1. The van der Waals surface area contributed by atoms with Gasteiger partial charge >= 0.3 is 0 Å². The van der Waals surface area contributed by atoms with E-state index in [1.54, 1.807) is 6.07 Å². The van der Waals surface area contributed by atoms with Crippen molar-refractivity contribution < 1.29 is 9.18 Å². The number of benzene rings is 1. The molecule has 4 rings (SSSR count). The second kappa shape index (κ2) is 5.18. The monoisotopic (exact) mass is 327 g/mol. The molecule has 1 aliphatic heterocycles. The predicted octanol–water partition coefficient (Wildman–Crippen LogP) is 4.52. The van der Waals surface area contributed by atoms with Crippen molar-refractivity contribution in [3.63, 3.8) is 0 Å². The van der Waals surface area contributed by atoms with Gasteiger partial charge in [0.25, 0.3) is 0 Å². The third-order valence-corrected chi connectivity index (χ3v) is 7.12. The van der Waals surface area contributed by atoms with Crippen molar-refractivity contribution in [2.24, 2.45) is 16.7 Å². The minimum absolute atomic E-state index is 0.0680. The molecule has 0 unspecified atom stereocenters. The first kappa shape index (κ1) is 15.9. The summed E-state index contributed by atoms with van der Waals surface area (Å²) in [5.41, 5.74) is 1.60. The van der Waals surface area contributed by atoms with Crippen LogP contribution in [0.25, 0.3) is 0 Å². The predicted molar refractivity (Wildman–Crippen MR) is 93.0 cm³/mol. The van der Waals surface area contributed by atoms with Crippen LogP contribution in [0.2, 0.25) is 0 Å². The Morgan fingerprint density at radius 3 is 2.71 bits per heavy atom. The summed E-state index contributed by atoms with van der Waals surface area (Å²) in [5, 5.41) is 0. The zero-order chi connectivity index (χ0) is 17.1. The lowest BCUT2D eigenvalue weighted by atomic mass is 9.68. The van der Waals surface area contributed by atoms with Crippen molar-refractivity contribution in [2.45, 2.75) is 45.4 Å². The number of carbonyl (C=O) groups excluding carboxylic acids is 1. The van der Waals surface area contributed by atoms with Gasteiger partial charge in [0.15, 0.2) is 0 Å². The van der Waals surface area contributed by atoms with Crippen molar-refractivity contribution in [1.82, 2.24) is 4.90 Å². The zero-order valence-corrected chi connectivity index (χ0v) is 14.6.